The van der Waals surface area contributed by atoms with E-state index >= 15 is 0 Å². The molecule has 0 bridgehead atoms. The van der Waals surface area contributed by atoms with Gasteiger partial charge in [-0.05, 0) is 24.3 Å². The van der Waals surface area contributed by atoms with E-state index in [1.165, 1.54) is 24.3 Å². The van der Waals surface area contributed by atoms with Gasteiger partial charge in [-0.2, -0.15) is 0 Å². The van der Waals surface area contributed by atoms with Crippen LogP contribution >= 0.6 is 12.2 Å². The number of halogens is 1. The lowest BCUT2D eigenvalue weighted by Gasteiger charge is -2.05. The molecule has 0 atom stereocenters. The van der Waals surface area contributed by atoms with Crippen molar-refractivity contribution in [2.45, 2.75) is 0 Å². The van der Waals surface area contributed by atoms with Gasteiger partial charge in [0.1, 0.15) is 5.82 Å². The molecule has 17 heavy (non-hydrogen) atoms. The first-order valence-corrected chi connectivity index (χ1v) is 5.03. The molecule has 0 unspecified atom stereocenters. The summed E-state index contributed by atoms with van der Waals surface area (Å²) in [6, 6.07) is 5.02. The van der Waals surface area contributed by atoms with Crippen LogP contribution in [-0.2, 0) is 9.59 Å². The van der Waals surface area contributed by atoms with Gasteiger partial charge in [-0.3, -0.25) is 9.59 Å². The molecule has 0 aromatic heterocycles. The predicted octanol–water partition coefficient (Wildman–Crippen LogP) is 0.166. The lowest BCUT2D eigenvalue weighted by molar-refractivity contribution is -0.135. The Bertz CT molecular complexity index is 447. The van der Waals surface area contributed by atoms with Gasteiger partial charge < -0.3 is 16.4 Å². The van der Waals surface area contributed by atoms with Crippen molar-refractivity contribution in [2.75, 3.05) is 11.9 Å². The molecule has 0 aliphatic heterocycles. The van der Waals surface area contributed by atoms with Gasteiger partial charge in [0.05, 0.1) is 11.5 Å². The topological polar surface area (TPSA) is 84.2 Å². The smallest absolute Gasteiger partial charge is 0.313 e. The number of benzene rings is 1. The van der Waals surface area contributed by atoms with Crippen molar-refractivity contribution in [3.05, 3.63) is 30.1 Å². The summed E-state index contributed by atoms with van der Waals surface area (Å²) in [6.07, 6.45) is 0. The van der Waals surface area contributed by atoms with Crippen molar-refractivity contribution < 1.29 is 14.0 Å². The zero-order valence-electron chi connectivity index (χ0n) is 8.70. The lowest BCUT2D eigenvalue weighted by Crippen LogP contribution is -2.39. The van der Waals surface area contributed by atoms with E-state index in [0.29, 0.717) is 5.69 Å². The molecule has 4 N–H and O–H groups in total. The molecule has 2 amide bonds. The molecule has 0 saturated carbocycles. The number of nitrogens with one attached hydrogen (secondary N) is 2. The fourth-order valence-electron chi connectivity index (χ4n) is 0.969. The Morgan fingerprint density at radius 2 is 1.82 bits per heavy atom. The summed E-state index contributed by atoms with van der Waals surface area (Å²) in [6.45, 7) is -0.0506. The molecule has 0 aliphatic rings. The number of carbonyl (C=O) groups is 2. The lowest BCUT2D eigenvalue weighted by atomic mass is 10.3. The Kier molecular flexibility index (Phi) is 4.53. The molecule has 0 saturated heterocycles. The van der Waals surface area contributed by atoms with Crippen LogP contribution in [0.4, 0.5) is 10.1 Å². The summed E-state index contributed by atoms with van der Waals surface area (Å²) in [4.78, 5) is 22.6. The van der Waals surface area contributed by atoms with Crippen LogP contribution in [0.1, 0.15) is 0 Å². The van der Waals surface area contributed by atoms with E-state index in [1.807, 2.05) is 0 Å². The van der Waals surface area contributed by atoms with Crippen LogP contribution in [-0.4, -0.2) is 23.3 Å². The molecule has 1 aromatic carbocycles. The number of hydrogen-bond acceptors (Lipinski definition) is 3. The van der Waals surface area contributed by atoms with Crippen LogP contribution in [0.25, 0.3) is 0 Å². The maximum Gasteiger partial charge on any atom is 0.313 e. The molecule has 1 aromatic rings. The minimum absolute atomic E-state index is 0.0506. The van der Waals surface area contributed by atoms with Crippen LogP contribution in [0, 0.1) is 5.82 Å². The summed E-state index contributed by atoms with van der Waals surface area (Å²) < 4.78 is 12.6. The molecule has 0 fully saturated rings. The van der Waals surface area contributed by atoms with Gasteiger partial charge in [-0.25, -0.2) is 4.39 Å². The van der Waals surface area contributed by atoms with Crippen LogP contribution in [0.2, 0.25) is 0 Å². The fraction of sp³-hybridized carbons (Fsp3) is 0.100. The van der Waals surface area contributed by atoms with E-state index in [1.54, 1.807) is 0 Å². The second kappa shape index (κ2) is 5.90. The molecule has 90 valence electrons. The zero-order chi connectivity index (χ0) is 12.8. The SMILES string of the molecule is NC(=S)CNC(=O)C(=O)Nc1ccc(F)cc1. The van der Waals surface area contributed by atoms with E-state index in [-0.39, 0.29) is 11.5 Å². The summed E-state index contributed by atoms with van der Waals surface area (Å²) in [7, 11) is 0. The average Bonchev–Trinajstić information content (AvgIpc) is 2.28. The van der Waals surface area contributed by atoms with E-state index in [2.05, 4.69) is 22.9 Å². The molecule has 5 nitrogen and oxygen atoms in total. The van der Waals surface area contributed by atoms with Gasteiger partial charge in [0.15, 0.2) is 0 Å². The Hall–Kier alpha value is -2.02. The summed E-state index contributed by atoms with van der Waals surface area (Å²) in [5, 5.41) is 4.51. The summed E-state index contributed by atoms with van der Waals surface area (Å²) in [5.74, 6) is -2.16. The minimum atomic E-state index is -0.868. The normalized spacial score (nSPS) is 9.47. The van der Waals surface area contributed by atoms with Crippen molar-refractivity contribution in [2.24, 2.45) is 5.73 Å². The second-order valence-electron chi connectivity index (χ2n) is 3.11. The molecule has 7 heteroatoms. The standard InChI is InChI=1S/C10H10FN3O2S/c11-6-1-3-7(4-2-6)14-10(16)9(15)13-5-8(12)17/h1-4H,5H2,(H2,12,17)(H,13,15)(H,14,16). The largest absolute Gasteiger partial charge is 0.392 e. The third-order valence-corrected chi connectivity index (χ3v) is 1.88. The highest BCUT2D eigenvalue weighted by atomic mass is 32.1. The molecular weight excluding hydrogens is 245 g/mol. The van der Waals surface area contributed by atoms with Crippen LogP contribution < -0.4 is 16.4 Å². The van der Waals surface area contributed by atoms with E-state index in [9.17, 15) is 14.0 Å². The van der Waals surface area contributed by atoms with Crippen molar-refractivity contribution in [1.82, 2.24) is 5.32 Å². The van der Waals surface area contributed by atoms with Gasteiger partial charge in [0.2, 0.25) is 0 Å². The molecule has 0 radical (unpaired) electrons. The number of nitrogens with two attached hydrogens (primary N) is 1. The number of thiocarbonyl (C=S) groups is 1. The highest BCUT2D eigenvalue weighted by Gasteiger charge is 2.13. The van der Waals surface area contributed by atoms with E-state index in [4.69, 9.17) is 5.73 Å². The quantitative estimate of drug-likeness (QED) is 0.531. The van der Waals surface area contributed by atoms with Crippen molar-refractivity contribution in [3.63, 3.8) is 0 Å². The first-order valence-electron chi connectivity index (χ1n) is 4.62. The first kappa shape index (κ1) is 13.0. The van der Waals surface area contributed by atoms with Crippen LogP contribution in [0.3, 0.4) is 0 Å². The first-order chi connectivity index (χ1) is 7.99. The van der Waals surface area contributed by atoms with Gasteiger partial charge in [-0.15, -0.1) is 0 Å². The van der Waals surface area contributed by atoms with E-state index in [0.717, 1.165) is 0 Å². The van der Waals surface area contributed by atoms with Gasteiger partial charge in [0, 0.05) is 5.69 Å². The average molecular weight is 255 g/mol. The Morgan fingerprint density at radius 3 is 2.35 bits per heavy atom. The summed E-state index contributed by atoms with van der Waals surface area (Å²) in [5.41, 5.74) is 5.47. The van der Waals surface area contributed by atoms with Crippen molar-refractivity contribution in [1.29, 1.82) is 0 Å². The number of amides is 2. The molecular formula is C10H10FN3O2S. The highest BCUT2D eigenvalue weighted by molar-refractivity contribution is 7.80. The van der Waals surface area contributed by atoms with Gasteiger partial charge in [0.25, 0.3) is 0 Å². The van der Waals surface area contributed by atoms with Gasteiger partial charge in [-0.1, -0.05) is 12.2 Å². The van der Waals surface area contributed by atoms with Crippen LogP contribution in [0.15, 0.2) is 24.3 Å². The highest BCUT2D eigenvalue weighted by Crippen LogP contribution is 2.07. The van der Waals surface area contributed by atoms with Crippen molar-refractivity contribution >= 4 is 34.7 Å². The predicted molar refractivity (Wildman–Crippen MR) is 64.8 cm³/mol. The van der Waals surface area contributed by atoms with E-state index < -0.39 is 17.6 Å². The third-order valence-electron chi connectivity index (χ3n) is 1.73. The van der Waals surface area contributed by atoms with Crippen LogP contribution in [0.5, 0.6) is 0 Å². The monoisotopic (exact) mass is 255 g/mol. The zero-order valence-corrected chi connectivity index (χ0v) is 9.51. The number of anilines is 1. The second-order valence-corrected chi connectivity index (χ2v) is 3.63. The maximum absolute atomic E-state index is 12.6. The molecule has 0 spiro atoms. The number of hydrogen-bond donors (Lipinski definition) is 3. The third kappa shape index (κ3) is 4.56. The summed E-state index contributed by atoms with van der Waals surface area (Å²) >= 11 is 4.53. The Labute approximate surface area is 102 Å². The molecule has 0 aliphatic carbocycles. The van der Waals surface area contributed by atoms with Crippen molar-refractivity contribution in [3.8, 4) is 0 Å². The molecule has 1 rings (SSSR count). The Balaban J connectivity index is 2.51. The van der Waals surface area contributed by atoms with Gasteiger partial charge >= 0.3 is 11.8 Å². The Morgan fingerprint density at radius 1 is 1.24 bits per heavy atom. The maximum atomic E-state index is 12.6. The number of rotatable bonds is 3. The fourth-order valence-corrected chi connectivity index (χ4v) is 1.04. The minimum Gasteiger partial charge on any atom is -0.392 e. The number of carbonyl (C=O) groups excluding carboxylic acids is 2. The molecule has 0 heterocycles.